The Labute approximate surface area is 168 Å². The van der Waals surface area contributed by atoms with Crippen LogP contribution in [0.2, 0.25) is 0 Å². The monoisotopic (exact) mass is 387 g/mol. The number of hydrogen-bond donors (Lipinski definition) is 1. The molecule has 1 aliphatic heterocycles. The molecule has 1 heterocycles. The minimum Gasteiger partial charge on any atom is -0.378 e. The molecule has 1 N–H and O–H groups in total. The van der Waals surface area contributed by atoms with Gasteiger partial charge < -0.3 is 19.9 Å². The highest BCUT2D eigenvalue weighted by Crippen LogP contribution is 2.28. The zero-order valence-corrected chi connectivity index (χ0v) is 17.0. The summed E-state index contributed by atoms with van der Waals surface area (Å²) in [5.41, 5.74) is 1.90. The van der Waals surface area contributed by atoms with Gasteiger partial charge in [0.05, 0.1) is 19.8 Å². The highest BCUT2D eigenvalue weighted by Gasteiger charge is 2.20. The first-order valence-corrected chi connectivity index (χ1v) is 10.7. The van der Waals surface area contributed by atoms with Crippen LogP contribution < -0.4 is 10.2 Å². The van der Waals surface area contributed by atoms with Gasteiger partial charge in [0.15, 0.2) is 0 Å². The quantitative estimate of drug-likeness (QED) is 0.744. The largest absolute Gasteiger partial charge is 0.378 e. The summed E-state index contributed by atoms with van der Waals surface area (Å²) in [7, 11) is 0. The van der Waals surface area contributed by atoms with Crippen LogP contribution in [0.1, 0.15) is 45.4 Å². The standard InChI is InChI=1S/C22H33N3O3/c1-2-24(22(27)12-7-18-5-3-4-6-18)17-21(26)23-19-8-10-20(11-9-19)25-13-15-28-16-14-25/h8-11,18H,2-7,12-17H2,1H3,(H,23,26). The van der Waals surface area contributed by atoms with Gasteiger partial charge in [-0.05, 0) is 43.5 Å². The predicted molar refractivity (Wildman–Crippen MR) is 112 cm³/mol. The molecule has 2 aliphatic rings. The van der Waals surface area contributed by atoms with E-state index in [2.05, 4.69) is 10.2 Å². The molecule has 6 heteroatoms. The van der Waals surface area contributed by atoms with Crippen LogP contribution in [0, 0.1) is 5.92 Å². The van der Waals surface area contributed by atoms with Crippen LogP contribution in [0.4, 0.5) is 11.4 Å². The van der Waals surface area contributed by atoms with Crippen molar-refractivity contribution in [3.8, 4) is 0 Å². The van der Waals surface area contributed by atoms with Crippen molar-refractivity contribution in [3.63, 3.8) is 0 Å². The molecular formula is C22H33N3O3. The molecule has 154 valence electrons. The summed E-state index contributed by atoms with van der Waals surface area (Å²) in [5, 5.41) is 2.91. The average Bonchev–Trinajstić information content (AvgIpc) is 3.25. The molecule has 0 aromatic heterocycles. The number of carbonyl (C=O) groups excluding carboxylic acids is 2. The fourth-order valence-electron chi connectivity index (χ4n) is 4.11. The summed E-state index contributed by atoms with van der Waals surface area (Å²) in [6, 6.07) is 7.87. The van der Waals surface area contributed by atoms with E-state index in [0.717, 1.165) is 44.1 Å². The van der Waals surface area contributed by atoms with Gasteiger partial charge in [0.25, 0.3) is 0 Å². The van der Waals surface area contributed by atoms with Gasteiger partial charge in [-0.25, -0.2) is 0 Å². The number of nitrogens with zero attached hydrogens (tertiary/aromatic N) is 2. The van der Waals surface area contributed by atoms with E-state index in [1.165, 1.54) is 25.7 Å². The lowest BCUT2D eigenvalue weighted by Gasteiger charge is -2.29. The Morgan fingerprint density at radius 2 is 1.82 bits per heavy atom. The zero-order valence-electron chi connectivity index (χ0n) is 17.0. The fraction of sp³-hybridized carbons (Fsp3) is 0.636. The predicted octanol–water partition coefficient (Wildman–Crippen LogP) is 3.28. The Morgan fingerprint density at radius 1 is 1.14 bits per heavy atom. The highest BCUT2D eigenvalue weighted by atomic mass is 16.5. The molecule has 0 bridgehead atoms. The van der Waals surface area contributed by atoms with E-state index < -0.39 is 0 Å². The third kappa shape index (κ3) is 5.96. The van der Waals surface area contributed by atoms with E-state index in [-0.39, 0.29) is 18.4 Å². The van der Waals surface area contributed by atoms with Crippen LogP contribution in [-0.4, -0.2) is 56.1 Å². The number of likely N-dealkylation sites (N-methyl/N-ethyl adjacent to an activating group) is 1. The summed E-state index contributed by atoms with van der Waals surface area (Å²) in [5.74, 6) is 0.642. The summed E-state index contributed by atoms with van der Waals surface area (Å²) >= 11 is 0. The van der Waals surface area contributed by atoms with Crippen LogP contribution in [0.5, 0.6) is 0 Å². The average molecular weight is 388 g/mol. The van der Waals surface area contributed by atoms with Crippen molar-refractivity contribution in [1.29, 1.82) is 0 Å². The van der Waals surface area contributed by atoms with E-state index in [0.29, 0.717) is 18.9 Å². The Hall–Kier alpha value is -2.08. The first kappa shape index (κ1) is 20.6. The van der Waals surface area contributed by atoms with Gasteiger partial charge in [-0.3, -0.25) is 9.59 Å². The number of benzene rings is 1. The lowest BCUT2D eigenvalue weighted by molar-refractivity contribution is -0.134. The minimum absolute atomic E-state index is 0.0900. The first-order chi connectivity index (χ1) is 13.7. The van der Waals surface area contributed by atoms with Crippen molar-refractivity contribution < 1.29 is 14.3 Å². The van der Waals surface area contributed by atoms with Crippen molar-refractivity contribution >= 4 is 23.2 Å². The Kier molecular flexibility index (Phi) is 7.71. The number of amides is 2. The van der Waals surface area contributed by atoms with Gasteiger partial charge in [-0.2, -0.15) is 0 Å². The van der Waals surface area contributed by atoms with Crippen LogP contribution in [0.25, 0.3) is 0 Å². The van der Waals surface area contributed by atoms with Crippen LogP contribution in [-0.2, 0) is 14.3 Å². The molecule has 3 rings (SSSR count). The van der Waals surface area contributed by atoms with Crippen LogP contribution in [0.3, 0.4) is 0 Å². The Balaban J connectivity index is 1.45. The SMILES string of the molecule is CCN(CC(=O)Nc1ccc(N2CCOCC2)cc1)C(=O)CCC1CCCC1. The number of morpholine rings is 1. The van der Waals surface area contributed by atoms with Gasteiger partial charge in [-0.15, -0.1) is 0 Å². The number of hydrogen-bond acceptors (Lipinski definition) is 4. The summed E-state index contributed by atoms with van der Waals surface area (Å²) in [6.45, 7) is 5.89. The maximum absolute atomic E-state index is 12.5. The van der Waals surface area contributed by atoms with E-state index in [4.69, 9.17) is 4.74 Å². The van der Waals surface area contributed by atoms with Crippen molar-refractivity contribution in [2.24, 2.45) is 5.92 Å². The van der Waals surface area contributed by atoms with Crippen molar-refractivity contribution in [1.82, 2.24) is 4.90 Å². The Morgan fingerprint density at radius 3 is 2.46 bits per heavy atom. The molecule has 2 amide bonds. The second-order valence-electron chi connectivity index (χ2n) is 7.79. The summed E-state index contributed by atoms with van der Waals surface area (Å²) in [4.78, 5) is 28.8. The van der Waals surface area contributed by atoms with Gasteiger partial charge in [0.2, 0.25) is 11.8 Å². The van der Waals surface area contributed by atoms with Gasteiger partial charge >= 0.3 is 0 Å². The number of nitrogens with one attached hydrogen (secondary N) is 1. The molecule has 6 nitrogen and oxygen atoms in total. The molecule has 1 aromatic rings. The number of ether oxygens (including phenoxy) is 1. The van der Waals surface area contributed by atoms with E-state index in [9.17, 15) is 9.59 Å². The van der Waals surface area contributed by atoms with Crippen LogP contribution in [0.15, 0.2) is 24.3 Å². The normalized spacial score (nSPS) is 17.5. The second-order valence-corrected chi connectivity index (χ2v) is 7.79. The minimum atomic E-state index is -0.143. The number of rotatable bonds is 8. The summed E-state index contributed by atoms with van der Waals surface area (Å²) < 4.78 is 5.38. The zero-order chi connectivity index (χ0) is 19.8. The van der Waals surface area contributed by atoms with E-state index in [1.54, 1.807) is 4.90 Å². The highest BCUT2D eigenvalue weighted by molar-refractivity contribution is 5.94. The van der Waals surface area contributed by atoms with Crippen molar-refractivity contribution in [2.45, 2.75) is 45.4 Å². The molecule has 1 saturated heterocycles. The number of anilines is 2. The summed E-state index contributed by atoms with van der Waals surface area (Å²) in [6.07, 6.45) is 6.60. The third-order valence-electron chi connectivity index (χ3n) is 5.84. The molecule has 0 radical (unpaired) electrons. The molecular weight excluding hydrogens is 354 g/mol. The molecule has 0 spiro atoms. The maximum atomic E-state index is 12.5. The lowest BCUT2D eigenvalue weighted by Crippen LogP contribution is -2.38. The lowest BCUT2D eigenvalue weighted by atomic mass is 10.0. The second kappa shape index (κ2) is 10.5. The molecule has 0 atom stereocenters. The molecule has 1 saturated carbocycles. The third-order valence-corrected chi connectivity index (χ3v) is 5.84. The van der Waals surface area contributed by atoms with Crippen molar-refractivity contribution in [2.75, 3.05) is 49.6 Å². The number of carbonyl (C=O) groups is 2. The van der Waals surface area contributed by atoms with E-state index in [1.807, 2.05) is 31.2 Å². The first-order valence-electron chi connectivity index (χ1n) is 10.7. The molecule has 2 fully saturated rings. The maximum Gasteiger partial charge on any atom is 0.243 e. The van der Waals surface area contributed by atoms with Gasteiger partial charge in [0, 0.05) is 37.4 Å². The van der Waals surface area contributed by atoms with E-state index >= 15 is 0 Å². The van der Waals surface area contributed by atoms with Crippen LogP contribution >= 0.6 is 0 Å². The molecule has 1 aromatic carbocycles. The molecule has 28 heavy (non-hydrogen) atoms. The topological polar surface area (TPSA) is 61.9 Å². The molecule has 0 unspecified atom stereocenters. The van der Waals surface area contributed by atoms with Gasteiger partial charge in [-0.1, -0.05) is 25.7 Å². The molecule has 1 aliphatic carbocycles. The van der Waals surface area contributed by atoms with Crippen molar-refractivity contribution in [3.05, 3.63) is 24.3 Å². The Bertz CT molecular complexity index is 635. The van der Waals surface area contributed by atoms with Gasteiger partial charge in [0.1, 0.15) is 0 Å². The smallest absolute Gasteiger partial charge is 0.243 e. The fourth-order valence-corrected chi connectivity index (χ4v) is 4.11.